The number of hydrogen-bond acceptors (Lipinski definition) is 2. The molecule has 0 fully saturated rings. The number of aliphatic hydroxyl groups is 1. The minimum Gasteiger partial charge on any atom is -0.390 e. The Balaban J connectivity index is 4.04. The maximum atomic E-state index is 9.59. The van der Waals surface area contributed by atoms with E-state index in [4.69, 9.17) is 4.74 Å². The lowest BCUT2D eigenvalue weighted by molar-refractivity contribution is 0.0357. The van der Waals surface area contributed by atoms with Gasteiger partial charge < -0.3 is 9.84 Å². The zero-order valence-electron chi connectivity index (χ0n) is 10.1. The van der Waals surface area contributed by atoms with E-state index in [1.807, 2.05) is 20.8 Å². The van der Waals surface area contributed by atoms with E-state index in [9.17, 15) is 5.11 Å². The van der Waals surface area contributed by atoms with Crippen molar-refractivity contribution in [1.29, 1.82) is 0 Å². The van der Waals surface area contributed by atoms with Crippen LogP contribution in [0.3, 0.4) is 0 Å². The van der Waals surface area contributed by atoms with E-state index >= 15 is 0 Å². The molecule has 0 aromatic heterocycles. The average molecular weight is 200 g/mol. The molecule has 0 heterocycles. The molecular weight excluding hydrogens is 176 g/mol. The summed E-state index contributed by atoms with van der Waals surface area (Å²) in [6, 6.07) is 0. The van der Waals surface area contributed by atoms with Crippen LogP contribution >= 0.6 is 0 Å². The summed E-state index contributed by atoms with van der Waals surface area (Å²) in [7, 11) is 0. The van der Waals surface area contributed by atoms with Crippen LogP contribution in [0.1, 0.15) is 47.5 Å². The summed E-state index contributed by atoms with van der Waals surface area (Å²) in [5.41, 5.74) is 0.671. The Kier molecular flexibility index (Phi) is 6.05. The van der Waals surface area contributed by atoms with Gasteiger partial charge in [-0.25, -0.2) is 0 Å². The lowest BCUT2D eigenvalue weighted by atomic mass is 9.99. The Hall–Kier alpha value is -0.340. The van der Waals surface area contributed by atoms with Gasteiger partial charge in [-0.2, -0.15) is 0 Å². The fourth-order valence-electron chi connectivity index (χ4n) is 1.30. The zero-order chi connectivity index (χ0) is 11.2. The van der Waals surface area contributed by atoms with E-state index in [1.54, 1.807) is 0 Å². The zero-order valence-corrected chi connectivity index (χ0v) is 10.1. The van der Waals surface area contributed by atoms with E-state index < -0.39 is 5.60 Å². The van der Waals surface area contributed by atoms with Crippen molar-refractivity contribution in [3.63, 3.8) is 0 Å². The van der Waals surface area contributed by atoms with E-state index in [0.717, 1.165) is 19.4 Å². The SMILES string of the molecule is CCOC(C=C(C)C)CCC(C)(C)O. The standard InChI is InChI=1S/C12H24O2/c1-6-14-11(9-10(2)3)7-8-12(4,5)13/h9,11,13H,6-8H2,1-5H3. The Morgan fingerprint density at radius 1 is 1.43 bits per heavy atom. The maximum absolute atomic E-state index is 9.59. The van der Waals surface area contributed by atoms with Crippen molar-refractivity contribution in [1.82, 2.24) is 0 Å². The van der Waals surface area contributed by atoms with Crippen LogP contribution in [0.5, 0.6) is 0 Å². The van der Waals surface area contributed by atoms with Crippen LogP contribution in [-0.4, -0.2) is 23.4 Å². The third-order valence-electron chi connectivity index (χ3n) is 1.94. The summed E-state index contributed by atoms with van der Waals surface area (Å²) in [5, 5.41) is 9.59. The number of rotatable bonds is 6. The van der Waals surface area contributed by atoms with E-state index in [2.05, 4.69) is 19.9 Å². The Bertz CT molecular complexity index is 173. The van der Waals surface area contributed by atoms with Gasteiger partial charge in [0.25, 0.3) is 0 Å². The van der Waals surface area contributed by atoms with Gasteiger partial charge in [-0.1, -0.05) is 11.6 Å². The largest absolute Gasteiger partial charge is 0.390 e. The van der Waals surface area contributed by atoms with Crippen LogP contribution in [0, 0.1) is 0 Å². The van der Waals surface area contributed by atoms with Crippen molar-refractivity contribution in [3.05, 3.63) is 11.6 Å². The second kappa shape index (κ2) is 6.20. The number of hydrogen-bond donors (Lipinski definition) is 1. The maximum Gasteiger partial charge on any atom is 0.0759 e. The summed E-state index contributed by atoms with van der Waals surface area (Å²) >= 11 is 0. The highest BCUT2D eigenvalue weighted by atomic mass is 16.5. The normalized spacial score (nSPS) is 13.9. The molecule has 0 spiro atoms. The summed E-state index contributed by atoms with van der Waals surface area (Å²) in [6.07, 6.45) is 3.91. The van der Waals surface area contributed by atoms with Gasteiger partial charge in [0, 0.05) is 6.61 Å². The molecule has 0 rings (SSSR count). The molecule has 1 atom stereocenters. The molecule has 1 N–H and O–H groups in total. The molecule has 0 aliphatic carbocycles. The Morgan fingerprint density at radius 3 is 2.36 bits per heavy atom. The lowest BCUT2D eigenvalue weighted by Gasteiger charge is -2.20. The molecule has 0 aromatic carbocycles. The molecule has 0 aliphatic heterocycles. The second-order valence-electron chi connectivity index (χ2n) is 4.59. The van der Waals surface area contributed by atoms with E-state index in [1.165, 1.54) is 5.57 Å². The van der Waals surface area contributed by atoms with E-state index in [-0.39, 0.29) is 6.10 Å². The van der Waals surface area contributed by atoms with Crippen LogP contribution in [0.25, 0.3) is 0 Å². The molecule has 2 heteroatoms. The van der Waals surface area contributed by atoms with Crippen molar-refractivity contribution >= 4 is 0 Å². The van der Waals surface area contributed by atoms with Crippen LogP contribution in [0.4, 0.5) is 0 Å². The van der Waals surface area contributed by atoms with Crippen LogP contribution < -0.4 is 0 Å². The van der Waals surface area contributed by atoms with Crippen molar-refractivity contribution < 1.29 is 9.84 Å². The molecule has 0 aromatic rings. The fraction of sp³-hybridized carbons (Fsp3) is 0.833. The smallest absolute Gasteiger partial charge is 0.0759 e. The highest BCUT2D eigenvalue weighted by Gasteiger charge is 2.15. The molecule has 0 saturated carbocycles. The second-order valence-corrected chi connectivity index (χ2v) is 4.59. The van der Waals surface area contributed by atoms with Gasteiger partial charge in [0.15, 0.2) is 0 Å². The van der Waals surface area contributed by atoms with Gasteiger partial charge in [0.2, 0.25) is 0 Å². The van der Waals surface area contributed by atoms with Gasteiger partial charge >= 0.3 is 0 Å². The molecule has 0 radical (unpaired) electrons. The molecule has 0 saturated heterocycles. The molecular formula is C12H24O2. The van der Waals surface area contributed by atoms with Crippen molar-refractivity contribution in [2.24, 2.45) is 0 Å². The first-order valence-corrected chi connectivity index (χ1v) is 5.34. The number of allylic oxidation sites excluding steroid dienone is 1. The molecule has 84 valence electrons. The minimum atomic E-state index is -0.592. The molecule has 2 nitrogen and oxygen atoms in total. The summed E-state index contributed by atoms with van der Waals surface area (Å²) in [4.78, 5) is 0. The lowest BCUT2D eigenvalue weighted by Crippen LogP contribution is -2.22. The van der Waals surface area contributed by atoms with Crippen molar-refractivity contribution in [2.75, 3.05) is 6.61 Å². The summed E-state index contributed by atoms with van der Waals surface area (Å²) in [5.74, 6) is 0. The van der Waals surface area contributed by atoms with Gasteiger partial charge in [0.1, 0.15) is 0 Å². The Morgan fingerprint density at radius 2 is 2.00 bits per heavy atom. The van der Waals surface area contributed by atoms with Crippen LogP contribution in [-0.2, 0) is 4.74 Å². The first-order chi connectivity index (χ1) is 6.35. The molecule has 0 aliphatic rings. The molecule has 0 bridgehead atoms. The fourth-order valence-corrected chi connectivity index (χ4v) is 1.30. The molecule has 1 unspecified atom stereocenters. The predicted molar refractivity (Wildman–Crippen MR) is 60.4 cm³/mol. The first-order valence-electron chi connectivity index (χ1n) is 5.34. The number of ether oxygens (including phenoxy) is 1. The van der Waals surface area contributed by atoms with Crippen LogP contribution in [0.15, 0.2) is 11.6 Å². The highest BCUT2D eigenvalue weighted by Crippen LogP contribution is 2.15. The third-order valence-corrected chi connectivity index (χ3v) is 1.94. The van der Waals surface area contributed by atoms with Crippen molar-refractivity contribution in [2.45, 2.75) is 59.2 Å². The minimum absolute atomic E-state index is 0.149. The first kappa shape index (κ1) is 13.7. The third kappa shape index (κ3) is 8.27. The molecule has 0 amide bonds. The van der Waals surface area contributed by atoms with Gasteiger partial charge in [-0.05, 0) is 47.5 Å². The monoisotopic (exact) mass is 200 g/mol. The quantitative estimate of drug-likeness (QED) is 0.668. The van der Waals surface area contributed by atoms with Gasteiger partial charge in [-0.3, -0.25) is 0 Å². The predicted octanol–water partition coefficient (Wildman–Crippen LogP) is 2.91. The van der Waals surface area contributed by atoms with Crippen LogP contribution in [0.2, 0.25) is 0 Å². The van der Waals surface area contributed by atoms with Crippen molar-refractivity contribution in [3.8, 4) is 0 Å². The van der Waals surface area contributed by atoms with Gasteiger partial charge in [0.05, 0.1) is 11.7 Å². The van der Waals surface area contributed by atoms with Gasteiger partial charge in [-0.15, -0.1) is 0 Å². The Labute approximate surface area is 88.0 Å². The average Bonchev–Trinajstić information content (AvgIpc) is 1.98. The van der Waals surface area contributed by atoms with E-state index in [0.29, 0.717) is 0 Å². The summed E-state index contributed by atoms with van der Waals surface area (Å²) < 4.78 is 5.56. The topological polar surface area (TPSA) is 29.5 Å². The summed E-state index contributed by atoms with van der Waals surface area (Å²) in [6.45, 7) is 10.5. The highest BCUT2D eigenvalue weighted by molar-refractivity contribution is 4.98. The molecule has 14 heavy (non-hydrogen) atoms.